The molecule has 0 saturated carbocycles. The predicted octanol–water partition coefficient (Wildman–Crippen LogP) is 3.54. The number of benzene rings is 2. The lowest BCUT2D eigenvalue weighted by Gasteiger charge is -2.23. The first-order chi connectivity index (χ1) is 17.0. The number of carbonyl (C=O) groups is 1. The van der Waals surface area contributed by atoms with Crippen LogP contribution in [0.15, 0.2) is 42.7 Å². The van der Waals surface area contributed by atoms with E-state index < -0.39 is 23.1 Å². The highest BCUT2D eigenvalue weighted by molar-refractivity contribution is 6.05. The van der Waals surface area contributed by atoms with Gasteiger partial charge in [-0.3, -0.25) is 4.79 Å². The maximum Gasteiger partial charge on any atom is 0.258 e. The maximum absolute atomic E-state index is 14.0. The number of methoxy groups -OCH3 is 1. The summed E-state index contributed by atoms with van der Waals surface area (Å²) < 4.78 is 34.9. The number of amides is 1. The third-order valence-electron chi connectivity index (χ3n) is 6.07. The third-order valence-corrected chi connectivity index (χ3v) is 6.07. The average Bonchev–Trinajstić information content (AvgIpc) is 3.27. The quantitative estimate of drug-likeness (QED) is 0.400. The summed E-state index contributed by atoms with van der Waals surface area (Å²) in [5, 5.41) is 11.4. The summed E-state index contributed by atoms with van der Waals surface area (Å²) in [6, 6.07) is 7.90. The monoisotopic (exact) mass is 479 g/mol. The maximum atomic E-state index is 14.0. The third kappa shape index (κ3) is 4.26. The van der Waals surface area contributed by atoms with Crippen LogP contribution < -0.4 is 21.1 Å². The summed E-state index contributed by atoms with van der Waals surface area (Å²) in [7, 11) is 1.45. The second-order valence-corrected chi connectivity index (χ2v) is 8.23. The molecule has 1 aliphatic rings. The van der Waals surface area contributed by atoms with Crippen LogP contribution in [0.4, 0.5) is 20.3 Å². The highest BCUT2D eigenvalue weighted by Crippen LogP contribution is 2.37. The molecular weight excluding hydrogens is 456 g/mol. The van der Waals surface area contributed by atoms with Crippen molar-refractivity contribution in [2.75, 3.05) is 31.2 Å². The van der Waals surface area contributed by atoms with E-state index in [2.05, 4.69) is 20.6 Å². The molecule has 0 atom stereocenters. The molecule has 1 amide bonds. The van der Waals surface area contributed by atoms with Crippen molar-refractivity contribution in [2.45, 2.75) is 18.9 Å². The second-order valence-electron chi connectivity index (χ2n) is 8.23. The molecule has 0 unspecified atom stereocenters. The van der Waals surface area contributed by atoms with Crippen molar-refractivity contribution in [3.63, 3.8) is 0 Å². The van der Waals surface area contributed by atoms with Gasteiger partial charge in [0, 0.05) is 5.56 Å². The fourth-order valence-corrected chi connectivity index (χ4v) is 4.31. The van der Waals surface area contributed by atoms with Crippen LogP contribution in [-0.4, -0.2) is 45.9 Å². The molecule has 0 radical (unpaired) electrons. The van der Waals surface area contributed by atoms with Crippen molar-refractivity contribution in [1.82, 2.24) is 25.1 Å². The Labute approximate surface area is 199 Å². The molecule has 1 aliphatic heterocycles. The van der Waals surface area contributed by atoms with E-state index in [9.17, 15) is 13.6 Å². The van der Waals surface area contributed by atoms with E-state index >= 15 is 0 Å². The van der Waals surface area contributed by atoms with Crippen molar-refractivity contribution >= 4 is 28.4 Å². The normalized spacial score (nSPS) is 14.3. The van der Waals surface area contributed by atoms with E-state index in [-0.39, 0.29) is 11.7 Å². The molecule has 0 spiro atoms. The number of halogens is 2. The number of hydrogen-bond acceptors (Lipinski definition) is 7. The minimum Gasteiger partial charge on any atom is -0.495 e. The summed E-state index contributed by atoms with van der Waals surface area (Å²) in [6.07, 6.45) is 3.24. The van der Waals surface area contributed by atoms with Gasteiger partial charge in [0.25, 0.3) is 5.91 Å². The number of piperidine rings is 1. The van der Waals surface area contributed by atoms with Crippen LogP contribution in [-0.2, 0) is 0 Å². The largest absolute Gasteiger partial charge is 0.495 e. The number of hydrogen-bond donors (Lipinski definition) is 3. The van der Waals surface area contributed by atoms with Gasteiger partial charge in [-0.15, -0.1) is 0 Å². The predicted molar refractivity (Wildman–Crippen MR) is 127 cm³/mol. The summed E-state index contributed by atoms with van der Waals surface area (Å²) in [5.41, 5.74) is 8.02. The Morgan fingerprint density at radius 2 is 1.97 bits per heavy atom. The van der Waals surface area contributed by atoms with Gasteiger partial charge < -0.3 is 21.1 Å². The van der Waals surface area contributed by atoms with Gasteiger partial charge in [-0.1, -0.05) is 6.07 Å². The summed E-state index contributed by atoms with van der Waals surface area (Å²) in [6.45, 7) is 1.77. The summed E-state index contributed by atoms with van der Waals surface area (Å²) in [5.74, 6) is -1.72. The molecule has 0 bridgehead atoms. The number of nitrogens with two attached hydrogens (primary N) is 1. The molecule has 9 nitrogen and oxygen atoms in total. The minimum absolute atomic E-state index is 0.170. The summed E-state index contributed by atoms with van der Waals surface area (Å²) >= 11 is 0. The molecule has 4 aromatic rings. The van der Waals surface area contributed by atoms with Gasteiger partial charge in [0.05, 0.1) is 29.8 Å². The number of fused-ring (bicyclic) bond motifs is 1. The van der Waals surface area contributed by atoms with Crippen molar-refractivity contribution < 1.29 is 18.3 Å². The van der Waals surface area contributed by atoms with E-state index in [1.54, 1.807) is 18.2 Å². The number of rotatable bonds is 5. The number of carbonyl (C=O) groups excluding carboxylic acids is 1. The van der Waals surface area contributed by atoms with Gasteiger partial charge in [0.15, 0.2) is 5.65 Å². The molecule has 5 rings (SSSR count). The first kappa shape index (κ1) is 22.7. The number of ether oxygens (including phenoxy) is 1. The van der Waals surface area contributed by atoms with Gasteiger partial charge in [-0.2, -0.15) is 5.10 Å². The fraction of sp³-hybridized carbons (Fsp3) is 0.250. The van der Waals surface area contributed by atoms with Gasteiger partial charge in [0.1, 0.15) is 35.2 Å². The zero-order chi connectivity index (χ0) is 24.5. The second kappa shape index (κ2) is 9.26. The van der Waals surface area contributed by atoms with Crippen molar-refractivity contribution in [3.8, 4) is 17.0 Å². The van der Waals surface area contributed by atoms with Gasteiger partial charge in [-0.25, -0.2) is 23.4 Å². The van der Waals surface area contributed by atoms with E-state index in [1.807, 2.05) is 4.68 Å². The SMILES string of the molecule is COc1cc(-c2nn(C3CCNCC3)c3ncnc(N)c23)ccc1NC(=O)c1cc(F)ccc1F. The van der Waals surface area contributed by atoms with E-state index in [4.69, 9.17) is 15.6 Å². The zero-order valence-corrected chi connectivity index (χ0v) is 18.9. The molecule has 2 aromatic heterocycles. The highest BCUT2D eigenvalue weighted by Gasteiger charge is 2.24. The van der Waals surface area contributed by atoms with Crippen molar-refractivity contribution in [2.24, 2.45) is 0 Å². The van der Waals surface area contributed by atoms with Gasteiger partial charge in [0.2, 0.25) is 0 Å². The molecular formula is C24H23F2N7O2. The van der Waals surface area contributed by atoms with Gasteiger partial charge >= 0.3 is 0 Å². The topological polar surface area (TPSA) is 120 Å². The van der Waals surface area contributed by atoms with E-state index in [0.717, 1.165) is 44.1 Å². The van der Waals surface area contributed by atoms with Crippen LogP contribution in [0, 0.1) is 11.6 Å². The molecule has 35 heavy (non-hydrogen) atoms. The lowest BCUT2D eigenvalue weighted by molar-refractivity contribution is 0.102. The van der Waals surface area contributed by atoms with Crippen LogP contribution in [0.25, 0.3) is 22.3 Å². The van der Waals surface area contributed by atoms with Crippen LogP contribution in [0.2, 0.25) is 0 Å². The zero-order valence-electron chi connectivity index (χ0n) is 18.9. The molecule has 3 heterocycles. The van der Waals surface area contributed by atoms with Crippen LogP contribution >= 0.6 is 0 Å². The van der Waals surface area contributed by atoms with Gasteiger partial charge in [-0.05, 0) is 56.3 Å². The van der Waals surface area contributed by atoms with Crippen molar-refractivity contribution in [1.29, 1.82) is 0 Å². The highest BCUT2D eigenvalue weighted by atomic mass is 19.1. The Morgan fingerprint density at radius 1 is 1.17 bits per heavy atom. The Balaban J connectivity index is 1.53. The Morgan fingerprint density at radius 3 is 2.74 bits per heavy atom. The molecule has 11 heteroatoms. The fourth-order valence-electron chi connectivity index (χ4n) is 4.31. The lowest BCUT2D eigenvalue weighted by atomic mass is 10.1. The van der Waals surface area contributed by atoms with E-state index in [1.165, 1.54) is 13.4 Å². The summed E-state index contributed by atoms with van der Waals surface area (Å²) in [4.78, 5) is 21.2. The molecule has 0 aliphatic carbocycles. The standard InChI is InChI=1S/C24H23F2N7O2/c1-35-19-10-13(2-5-18(19)31-24(34)16-11-14(25)3-4-17(16)26)21-20-22(27)29-12-30-23(20)33(32-21)15-6-8-28-9-7-15/h2-5,10-12,15,28H,6-9H2,1H3,(H,31,34)(H2,27,29,30). The first-order valence-corrected chi connectivity index (χ1v) is 11.1. The molecule has 1 saturated heterocycles. The van der Waals surface area contributed by atoms with Crippen LogP contribution in [0.1, 0.15) is 29.2 Å². The lowest BCUT2D eigenvalue weighted by Crippen LogP contribution is -2.30. The number of anilines is 2. The Kier molecular flexibility index (Phi) is 6.00. The van der Waals surface area contributed by atoms with E-state index in [0.29, 0.717) is 33.9 Å². The number of aromatic nitrogens is 4. The Hall–Kier alpha value is -4.12. The van der Waals surface area contributed by atoms with Crippen LogP contribution in [0.5, 0.6) is 5.75 Å². The molecule has 4 N–H and O–H groups in total. The first-order valence-electron chi connectivity index (χ1n) is 11.1. The molecule has 180 valence electrons. The number of nitrogen functional groups attached to an aromatic ring is 1. The van der Waals surface area contributed by atoms with Crippen molar-refractivity contribution in [3.05, 3.63) is 59.9 Å². The Bertz CT molecular complexity index is 1420. The minimum atomic E-state index is -0.829. The number of nitrogens with zero attached hydrogens (tertiary/aromatic N) is 4. The molecule has 2 aromatic carbocycles. The molecule has 1 fully saturated rings. The van der Waals surface area contributed by atoms with Crippen LogP contribution in [0.3, 0.4) is 0 Å². The number of nitrogens with one attached hydrogen (secondary N) is 2. The average molecular weight is 479 g/mol. The smallest absolute Gasteiger partial charge is 0.258 e.